The van der Waals surface area contributed by atoms with E-state index in [1.54, 1.807) is 13.2 Å². The van der Waals surface area contributed by atoms with Crippen molar-refractivity contribution in [2.75, 3.05) is 12.9 Å². The number of nitrogens with one attached hydrogen (secondary N) is 1. The third-order valence-electron chi connectivity index (χ3n) is 4.17. The van der Waals surface area contributed by atoms with Crippen LogP contribution in [0.25, 0.3) is 0 Å². The van der Waals surface area contributed by atoms with E-state index in [2.05, 4.69) is 5.32 Å². The van der Waals surface area contributed by atoms with Gasteiger partial charge in [0.2, 0.25) is 5.91 Å². The molecule has 0 aliphatic carbocycles. The highest BCUT2D eigenvalue weighted by Gasteiger charge is 2.24. The highest BCUT2D eigenvalue weighted by molar-refractivity contribution is 7.99. The summed E-state index contributed by atoms with van der Waals surface area (Å²) in [5.74, 6) is 1.39. The molecule has 2 aromatic carbocycles. The molecule has 1 N–H and O–H groups in total. The zero-order chi connectivity index (χ0) is 16.9. The number of carbonyl (C=O) groups excluding carboxylic acids is 1. The van der Waals surface area contributed by atoms with E-state index in [0.717, 1.165) is 29.1 Å². The molecular weight excluding hydrogens is 325 g/mol. The smallest absolute Gasteiger partial charge is 0.220 e. The predicted molar refractivity (Wildman–Crippen MR) is 93.9 cm³/mol. The molecule has 1 aliphatic heterocycles. The number of ether oxygens (including phenoxy) is 1. The van der Waals surface area contributed by atoms with E-state index in [0.29, 0.717) is 17.7 Å². The summed E-state index contributed by atoms with van der Waals surface area (Å²) in [6, 6.07) is 12.7. The van der Waals surface area contributed by atoms with Gasteiger partial charge in [-0.1, -0.05) is 30.3 Å². The number of aryl methyl sites for hydroxylation is 1. The topological polar surface area (TPSA) is 38.3 Å². The van der Waals surface area contributed by atoms with Gasteiger partial charge in [0.25, 0.3) is 0 Å². The van der Waals surface area contributed by atoms with Crippen LogP contribution < -0.4 is 10.1 Å². The standard InChI is InChI=1S/C19H20FNO2S/c1-23-17-8-3-2-5-13(17)9-10-18(22)21-16-11-12-24-19-14(16)6-4-7-15(19)20/h2-8,16H,9-12H2,1H3,(H,21,22)/t16-/m1/s1. The largest absolute Gasteiger partial charge is 0.496 e. The molecule has 0 unspecified atom stereocenters. The highest BCUT2D eigenvalue weighted by Crippen LogP contribution is 2.37. The van der Waals surface area contributed by atoms with E-state index in [1.807, 2.05) is 30.3 Å². The fourth-order valence-electron chi connectivity index (χ4n) is 2.96. The number of methoxy groups -OCH3 is 1. The molecule has 0 saturated carbocycles. The van der Waals surface area contributed by atoms with E-state index in [9.17, 15) is 9.18 Å². The van der Waals surface area contributed by atoms with Crippen molar-refractivity contribution >= 4 is 17.7 Å². The Morgan fingerprint density at radius 2 is 2.12 bits per heavy atom. The second-order valence-electron chi connectivity index (χ2n) is 5.73. The van der Waals surface area contributed by atoms with E-state index in [4.69, 9.17) is 4.74 Å². The van der Waals surface area contributed by atoms with Gasteiger partial charge >= 0.3 is 0 Å². The maximum atomic E-state index is 13.9. The molecule has 0 bridgehead atoms. The molecule has 1 heterocycles. The van der Waals surface area contributed by atoms with Crippen molar-refractivity contribution in [1.82, 2.24) is 5.32 Å². The van der Waals surface area contributed by atoms with Gasteiger partial charge in [0.1, 0.15) is 11.6 Å². The summed E-state index contributed by atoms with van der Waals surface area (Å²) in [6.07, 6.45) is 1.82. The minimum absolute atomic E-state index is 0.0204. The van der Waals surface area contributed by atoms with E-state index in [-0.39, 0.29) is 17.8 Å². The Hall–Kier alpha value is -2.01. The Morgan fingerprint density at radius 1 is 1.29 bits per heavy atom. The van der Waals surface area contributed by atoms with Crippen LogP contribution in [0.3, 0.4) is 0 Å². The molecule has 0 radical (unpaired) electrons. The maximum absolute atomic E-state index is 13.9. The number of hydrogen-bond acceptors (Lipinski definition) is 3. The summed E-state index contributed by atoms with van der Waals surface area (Å²) in [4.78, 5) is 13.0. The van der Waals surface area contributed by atoms with Gasteiger partial charge in [-0.2, -0.15) is 0 Å². The molecule has 1 atom stereocenters. The lowest BCUT2D eigenvalue weighted by atomic mass is 10.0. The average molecular weight is 345 g/mol. The predicted octanol–water partition coefficient (Wildman–Crippen LogP) is 4.12. The maximum Gasteiger partial charge on any atom is 0.220 e. The molecule has 2 aromatic rings. The zero-order valence-corrected chi connectivity index (χ0v) is 14.4. The van der Waals surface area contributed by atoms with Crippen LogP contribution in [0.2, 0.25) is 0 Å². The van der Waals surface area contributed by atoms with Gasteiger partial charge < -0.3 is 10.1 Å². The second kappa shape index (κ2) is 7.71. The van der Waals surface area contributed by atoms with Crippen LogP contribution in [0.1, 0.15) is 30.0 Å². The number of para-hydroxylation sites is 1. The van der Waals surface area contributed by atoms with Crippen molar-refractivity contribution in [2.24, 2.45) is 0 Å². The number of carbonyl (C=O) groups is 1. The molecular formula is C19H20FNO2S. The summed E-state index contributed by atoms with van der Waals surface area (Å²) in [6.45, 7) is 0. The Morgan fingerprint density at radius 3 is 2.96 bits per heavy atom. The molecule has 126 valence electrons. The normalized spacial score (nSPS) is 16.3. The fraction of sp³-hybridized carbons (Fsp3) is 0.316. The molecule has 3 rings (SSSR count). The lowest BCUT2D eigenvalue weighted by molar-refractivity contribution is -0.121. The first kappa shape index (κ1) is 16.8. The Labute approximate surface area is 145 Å². The number of benzene rings is 2. The van der Waals surface area contributed by atoms with Crippen LogP contribution in [0, 0.1) is 5.82 Å². The van der Waals surface area contributed by atoms with Crippen molar-refractivity contribution in [1.29, 1.82) is 0 Å². The van der Waals surface area contributed by atoms with E-state index in [1.165, 1.54) is 17.8 Å². The molecule has 0 saturated heterocycles. The molecule has 0 spiro atoms. The highest BCUT2D eigenvalue weighted by atomic mass is 32.2. The summed E-state index contributed by atoms with van der Waals surface area (Å²) in [5.41, 5.74) is 1.90. The lowest BCUT2D eigenvalue weighted by Crippen LogP contribution is -2.31. The minimum Gasteiger partial charge on any atom is -0.496 e. The Balaban J connectivity index is 1.63. The van der Waals surface area contributed by atoms with E-state index >= 15 is 0 Å². The Kier molecular flexibility index (Phi) is 5.41. The summed E-state index contributed by atoms with van der Waals surface area (Å²) < 4.78 is 19.2. The number of rotatable bonds is 5. The summed E-state index contributed by atoms with van der Waals surface area (Å²) in [7, 11) is 1.63. The molecule has 1 amide bonds. The van der Waals surface area contributed by atoms with Crippen LogP contribution in [-0.2, 0) is 11.2 Å². The summed E-state index contributed by atoms with van der Waals surface area (Å²) in [5, 5.41) is 3.05. The monoisotopic (exact) mass is 345 g/mol. The van der Waals surface area contributed by atoms with Crippen molar-refractivity contribution < 1.29 is 13.9 Å². The van der Waals surface area contributed by atoms with Gasteiger partial charge in [0.15, 0.2) is 0 Å². The molecule has 24 heavy (non-hydrogen) atoms. The van der Waals surface area contributed by atoms with Crippen molar-refractivity contribution in [3.8, 4) is 5.75 Å². The van der Waals surface area contributed by atoms with Gasteiger partial charge in [-0.15, -0.1) is 11.8 Å². The van der Waals surface area contributed by atoms with Crippen molar-refractivity contribution in [2.45, 2.75) is 30.2 Å². The van der Waals surface area contributed by atoms with Gasteiger partial charge in [-0.05, 0) is 36.1 Å². The van der Waals surface area contributed by atoms with Crippen molar-refractivity contribution in [3.05, 3.63) is 59.4 Å². The zero-order valence-electron chi connectivity index (χ0n) is 13.5. The first-order valence-electron chi connectivity index (χ1n) is 8.01. The molecule has 0 aromatic heterocycles. The number of amides is 1. The van der Waals surface area contributed by atoms with Gasteiger partial charge in [-0.25, -0.2) is 4.39 Å². The number of fused-ring (bicyclic) bond motifs is 1. The van der Waals surface area contributed by atoms with Crippen molar-refractivity contribution in [3.63, 3.8) is 0 Å². The van der Waals surface area contributed by atoms with Crippen LogP contribution in [0.4, 0.5) is 4.39 Å². The molecule has 1 aliphatic rings. The van der Waals surface area contributed by atoms with E-state index < -0.39 is 0 Å². The molecule has 0 fully saturated rings. The van der Waals surface area contributed by atoms with Gasteiger partial charge in [-0.3, -0.25) is 4.79 Å². The quantitative estimate of drug-likeness (QED) is 0.886. The third-order valence-corrected chi connectivity index (χ3v) is 5.33. The lowest BCUT2D eigenvalue weighted by Gasteiger charge is -2.26. The second-order valence-corrected chi connectivity index (χ2v) is 6.83. The third kappa shape index (κ3) is 3.73. The van der Waals surface area contributed by atoms with Gasteiger partial charge in [0.05, 0.1) is 13.2 Å². The number of thioether (sulfide) groups is 1. The fourth-order valence-corrected chi connectivity index (χ4v) is 4.10. The van der Waals surface area contributed by atoms with Crippen LogP contribution in [-0.4, -0.2) is 18.8 Å². The van der Waals surface area contributed by atoms with Crippen LogP contribution >= 0.6 is 11.8 Å². The van der Waals surface area contributed by atoms with Crippen LogP contribution in [0.15, 0.2) is 47.4 Å². The Bertz CT molecular complexity index is 735. The molecule has 3 nitrogen and oxygen atoms in total. The SMILES string of the molecule is COc1ccccc1CCC(=O)N[C@@H]1CCSc2c(F)cccc21. The number of halogens is 1. The minimum atomic E-state index is -0.203. The average Bonchev–Trinajstić information content (AvgIpc) is 2.61. The van der Waals surface area contributed by atoms with Gasteiger partial charge in [0, 0.05) is 17.1 Å². The molecule has 5 heteroatoms. The first-order valence-corrected chi connectivity index (χ1v) is 9.00. The first-order chi connectivity index (χ1) is 11.7. The summed E-state index contributed by atoms with van der Waals surface area (Å²) >= 11 is 1.52. The number of hydrogen-bond donors (Lipinski definition) is 1. The van der Waals surface area contributed by atoms with Crippen LogP contribution in [0.5, 0.6) is 5.75 Å².